The van der Waals surface area contributed by atoms with Crippen LogP contribution in [0.5, 0.6) is 0 Å². The summed E-state index contributed by atoms with van der Waals surface area (Å²) < 4.78 is 0. The van der Waals surface area contributed by atoms with Crippen molar-refractivity contribution in [2.45, 2.75) is 0 Å². The minimum absolute atomic E-state index is 0.0746. The zero-order chi connectivity index (χ0) is 62.0. The van der Waals surface area contributed by atoms with Crippen LogP contribution in [0.15, 0.2) is 340 Å². The van der Waals surface area contributed by atoms with E-state index < -0.39 is 0 Å². The first-order chi connectivity index (χ1) is 44.7. The molecule has 0 fully saturated rings. The Morgan fingerprint density at radius 1 is 0.275 bits per heavy atom. The molecule has 8 nitrogen and oxygen atoms in total. The number of fused-ring (bicyclic) bond motifs is 2. The molecule has 14 rings (SSSR count). The summed E-state index contributed by atoms with van der Waals surface area (Å²) in [7, 11) is 3.95. The number of nitro groups is 1. The highest BCUT2D eigenvalue weighted by Gasteiger charge is 2.18. The van der Waals surface area contributed by atoms with Gasteiger partial charge in [0, 0.05) is 83.1 Å². The third-order valence-corrected chi connectivity index (χ3v) is 16.6. The number of hydrogen-bond acceptors (Lipinski definition) is 7. The molecular weight excluding hydrogens is 1110 g/mol. The highest BCUT2D eigenvalue weighted by atomic mass is 16.6. The van der Waals surface area contributed by atoms with Crippen LogP contribution in [0, 0.1) is 21.4 Å². The van der Waals surface area contributed by atoms with E-state index >= 15 is 0 Å². The number of nitriles is 1. The first-order valence-electron chi connectivity index (χ1n) is 30.2. The third kappa shape index (κ3) is 12.9. The lowest BCUT2D eigenvalue weighted by molar-refractivity contribution is -0.384. The molecule has 0 aliphatic rings. The summed E-state index contributed by atoms with van der Waals surface area (Å²) in [4.78, 5) is 19.6. The molecule has 0 heterocycles. The fraction of sp³-hybridized carbons (Fsp3) is 0.0241. The van der Waals surface area contributed by atoms with Crippen molar-refractivity contribution in [3.63, 3.8) is 0 Å². The fourth-order valence-electron chi connectivity index (χ4n) is 11.7. The predicted octanol–water partition coefficient (Wildman–Crippen LogP) is 22.6. The van der Waals surface area contributed by atoms with Crippen LogP contribution < -0.4 is 19.6 Å². The second-order valence-corrected chi connectivity index (χ2v) is 22.3. The van der Waals surface area contributed by atoms with Gasteiger partial charge in [-0.15, -0.1) is 0 Å². The summed E-state index contributed by atoms with van der Waals surface area (Å²) >= 11 is 0. The Morgan fingerprint density at radius 2 is 0.582 bits per heavy atom. The molecule has 8 heteroatoms. The number of nitro benzene ring substituents is 1. The number of non-ortho nitro benzene ring substituents is 1. The summed E-state index contributed by atoms with van der Waals surface area (Å²) in [6.07, 6.45) is 0. The van der Waals surface area contributed by atoms with E-state index in [4.69, 9.17) is 5.26 Å². The van der Waals surface area contributed by atoms with Crippen molar-refractivity contribution in [2.24, 2.45) is 0 Å². The highest BCUT2D eigenvalue weighted by Crippen LogP contribution is 2.42. The van der Waals surface area contributed by atoms with Crippen molar-refractivity contribution in [2.75, 3.05) is 33.7 Å². The van der Waals surface area contributed by atoms with Gasteiger partial charge in [-0.1, -0.05) is 200 Å². The first kappa shape index (κ1) is 57.7. The summed E-state index contributed by atoms with van der Waals surface area (Å²) in [6.45, 7) is 0. The molecule has 0 saturated carbocycles. The van der Waals surface area contributed by atoms with Gasteiger partial charge < -0.3 is 19.6 Å². The number of benzene rings is 14. The largest absolute Gasteiger partial charge is 0.345 e. The first-order valence-corrected chi connectivity index (χ1v) is 30.2. The molecule has 0 amide bonds. The minimum atomic E-state index is -0.370. The summed E-state index contributed by atoms with van der Waals surface area (Å²) in [5, 5.41) is 25.2. The van der Waals surface area contributed by atoms with Crippen molar-refractivity contribution >= 4 is 84.1 Å². The van der Waals surface area contributed by atoms with Crippen LogP contribution in [-0.4, -0.2) is 19.0 Å². The van der Waals surface area contributed by atoms with Gasteiger partial charge >= 0.3 is 0 Å². The smallest absolute Gasteiger partial charge is 0.271 e. The number of hydrogen-bond donors (Lipinski definition) is 0. The molecule has 436 valence electrons. The monoisotopic (exact) mass is 1170 g/mol. The lowest BCUT2D eigenvalue weighted by Gasteiger charge is -2.26. The van der Waals surface area contributed by atoms with Gasteiger partial charge in [-0.2, -0.15) is 5.26 Å². The molecule has 0 bridgehead atoms. The van der Waals surface area contributed by atoms with Crippen molar-refractivity contribution < 1.29 is 4.92 Å². The predicted molar refractivity (Wildman–Crippen MR) is 379 cm³/mol. The molecule has 0 unspecified atom stereocenters. The van der Waals surface area contributed by atoms with Crippen LogP contribution in [0.3, 0.4) is 0 Å². The van der Waals surface area contributed by atoms with Crippen LogP contribution in [0.1, 0.15) is 5.56 Å². The van der Waals surface area contributed by atoms with E-state index in [1.807, 2.05) is 67.5 Å². The Morgan fingerprint density at radius 3 is 0.989 bits per heavy atom. The number of anilines is 10. The van der Waals surface area contributed by atoms with E-state index in [0.29, 0.717) is 5.56 Å². The summed E-state index contributed by atoms with van der Waals surface area (Å²) in [5.41, 5.74) is 20.3. The lowest BCUT2D eigenvalue weighted by atomic mass is 10.0. The van der Waals surface area contributed by atoms with Crippen molar-refractivity contribution in [3.8, 4) is 50.6 Å². The zero-order valence-electron chi connectivity index (χ0n) is 50.3. The van der Waals surface area contributed by atoms with Gasteiger partial charge in [-0.25, -0.2) is 0 Å². The molecule has 0 spiro atoms. The van der Waals surface area contributed by atoms with E-state index in [2.05, 4.69) is 294 Å². The van der Waals surface area contributed by atoms with E-state index in [0.717, 1.165) is 84.7 Å². The molecular formula is C83H62N6O2. The maximum atomic E-state index is 11.3. The molecule has 0 saturated heterocycles. The van der Waals surface area contributed by atoms with Gasteiger partial charge in [0.1, 0.15) is 0 Å². The summed E-state index contributed by atoms with van der Waals surface area (Å²) in [6, 6.07) is 119. The molecule has 0 atom stereocenters. The van der Waals surface area contributed by atoms with Gasteiger partial charge in [-0.3, -0.25) is 10.1 Å². The van der Waals surface area contributed by atoms with Gasteiger partial charge in [-0.05, 0) is 193 Å². The van der Waals surface area contributed by atoms with E-state index in [1.54, 1.807) is 12.1 Å². The average molecular weight is 1180 g/mol. The highest BCUT2D eigenvalue weighted by molar-refractivity contribution is 5.92. The topological polar surface area (TPSA) is 79.9 Å². The molecule has 14 aromatic carbocycles. The Balaban J connectivity index is 0.000000167. The zero-order valence-corrected chi connectivity index (χ0v) is 50.3. The molecule has 0 radical (unpaired) electrons. The summed E-state index contributed by atoms with van der Waals surface area (Å²) in [5.74, 6) is 0. The average Bonchev–Trinajstić information content (AvgIpc) is 2.36. The molecule has 14 aromatic rings. The van der Waals surface area contributed by atoms with Gasteiger partial charge in [0.05, 0.1) is 16.6 Å². The normalized spacial score (nSPS) is 10.8. The molecule has 91 heavy (non-hydrogen) atoms. The quantitative estimate of drug-likeness (QED) is 0.0747. The standard InChI is InChI=1S/C42H31N3.C41H31N3O2/c1-44(38-21-14-31(30-43)15-22-38)39-23-16-34(17-24-39)35-18-25-40(26-19-35)45(42-27-20-33-10-5-6-11-36(33)29-42)41-13-7-12-37(28-41)32-8-3-2-4-9-32;1-42(38-14-8-16-41(29-38)44(45)46)36-22-17-32(18-23-36)33-19-24-37(25-20-33)43(40-26-21-31-11-5-6-12-34(31)28-40)39-15-7-13-35(27-39)30-9-3-2-4-10-30/h2-29H,1H3;2-29H,1H3. The SMILES string of the molecule is CN(c1ccc(-c2ccc(N(c3cccc(-c4ccccc4)c3)c3ccc4ccccc4c3)cc2)cc1)c1cccc([N+](=O)[O-])c1.CN(c1ccc(C#N)cc1)c1ccc(-c2ccc(N(c3cccc(-c4ccccc4)c3)c3ccc4ccccc4c3)cc2)cc1. The maximum Gasteiger partial charge on any atom is 0.271 e. The third-order valence-electron chi connectivity index (χ3n) is 16.6. The lowest BCUT2D eigenvalue weighted by Crippen LogP contribution is -2.10. The van der Waals surface area contributed by atoms with Crippen molar-refractivity contribution in [3.05, 3.63) is 355 Å². The number of rotatable bonds is 15. The van der Waals surface area contributed by atoms with E-state index in [-0.39, 0.29) is 10.6 Å². The Bertz CT molecular complexity index is 4880. The van der Waals surface area contributed by atoms with Crippen LogP contribution in [-0.2, 0) is 0 Å². The maximum absolute atomic E-state index is 11.3. The Hall–Kier alpha value is -12.3. The molecule has 0 aromatic heterocycles. The van der Waals surface area contributed by atoms with E-state index in [9.17, 15) is 10.1 Å². The molecule has 0 aliphatic heterocycles. The van der Waals surface area contributed by atoms with Crippen molar-refractivity contribution in [1.82, 2.24) is 0 Å². The van der Waals surface area contributed by atoms with E-state index in [1.165, 1.54) is 44.3 Å². The van der Waals surface area contributed by atoms with Gasteiger partial charge in [0.25, 0.3) is 5.69 Å². The van der Waals surface area contributed by atoms with Gasteiger partial charge in [0.2, 0.25) is 0 Å². The minimum Gasteiger partial charge on any atom is -0.345 e. The van der Waals surface area contributed by atoms with Gasteiger partial charge in [0.15, 0.2) is 0 Å². The Labute approximate surface area is 531 Å². The van der Waals surface area contributed by atoms with Crippen LogP contribution in [0.4, 0.5) is 62.6 Å². The Kier molecular flexibility index (Phi) is 16.7. The van der Waals surface area contributed by atoms with Crippen LogP contribution >= 0.6 is 0 Å². The second-order valence-electron chi connectivity index (χ2n) is 22.3. The van der Waals surface area contributed by atoms with Crippen molar-refractivity contribution in [1.29, 1.82) is 5.26 Å². The second kappa shape index (κ2) is 26.3. The van der Waals surface area contributed by atoms with Crippen LogP contribution in [0.25, 0.3) is 66.1 Å². The number of nitrogens with zero attached hydrogens (tertiary/aromatic N) is 6. The van der Waals surface area contributed by atoms with Crippen LogP contribution in [0.2, 0.25) is 0 Å². The fourth-order valence-corrected chi connectivity index (χ4v) is 11.7. The molecule has 0 N–H and O–H groups in total. The molecule has 0 aliphatic carbocycles.